The molecule has 0 heterocycles. The normalized spacial score (nSPS) is 7.82. The van der Waals surface area contributed by atoms with Crippen LogP contribution in [0.1, 0.15) is 0 Å². The van der Waals surface area contributed by atoms with Gasteiger partial charge in [0.2, 0.25) is 0 Å². The third-order valence-electron chi connectivity index (χ3n) is 0.723. The number of rotatable bonds is 3. The van der Waals surface area contributed by atoms with Crippen molar-refractivity contribution >= 4 is 11.9 Å². The molecule has 0 aromatic heterocycles. The van der Waals surface area contributed by atoms with Crippen LogP contribution in [0.15, 0.2) is 0 Å². The van der Waals surface area contributed by atoms with Gasteiger partial charge < -0.3 is 19.8 Å². The van der Waals surface area contributed by atoms with Gasteiger partial charge in [-0.05, 0) is 0 Å². The summed E-state index contributed by atoms with van der Waals surface area (Å²) < 4.78 is 11.3. The summed E-state index contributed by atoms with van der Waals surface area (Å²) in [6.45, 7) is -1.50. The van der Waals surface area contributed by atoms with Crippen LogP contribution in [0, 0.1) is 5.92 Å². The number of hydrogen-bond donors (Lipinski definition) is 0. The fourth-order valence-corrected chi connectivity index (χ4v) is 0.222. The van der Waals surface area contributed by atoms with Gasteiger partial charge in [-0.3, -0.25) is 0 Å². The first kappa shape index (κ1) is 17.8. The van der Waals surface area contributed by atoms with Crippen molar-refractivity contribution in [2.75, 3.05) is 6.67 Å². The molecular formula is C4H3FNa2O4. The molecule has 0 aromatic carbocycles. The van der Waals surface area contributed by atoms with Crippen molar-refractivity contribution in [2.45, 2.75) is 0 Å². The van der Waals surface area contributed by atoms with Crippen LogP contribution in [0.25, 0.3) is 0 Å². The fraction of sp³-hybridized carbons (Fsp3) is 0.500. The van der Waals surface area contributed by atoms with E-state index < -0.39 is 24.5 Å². The zero-order valence-corrected chi connectivity index (χ0v) is 10.3. The van der Waals surface area contributed by atoms with E-state index in [1.807, 2.05) is 0 Å². The predicted octanol–water partition coefficient (Wildman–Crippen LogP) is -8.92. The number of carboxylic acid groups (broad SMARTS) is 2. The largest absolute Gasteiger partial charge is 1.00 e. The van der Waals surface area contributed by atoms with Crippen molar-refractivity contribution in [3.63, 3.8) is 0 Å². The van der Waals surface area contributed by atoms with E-state index in [1.54, 1.807) is 0 Å². The van der Waals surface area contributed by atoms with Crippen molar-refractivity contribution < 1.29 is 83.3 Å². The van der Waals surface area contributed by atoms with Crippen molar-refractivity contribution in [3.05, 3.63) is 0 Å². The number of carbonyl (C=O) groups excluding carboxylic acids is 2. The molecule has 0 fully saturated rings. The molecule has 0 aliphatic heterocycles. The van der Waals surface area contributed by atoms with Gasteiger partial charge in [0.15, 0.2) is 0 Å². The SMILES string of the molecule is O=C([O-])C(CF)C(=O)[O-].[Na+].[Na+]. The van der Waals surface area contributed by atoms with Crippen LogP contribution >= 0.6 is 0 Å². The molecule has 0 rings (SSSR count). The minimum absolute atomic E-state index is 0. The Balaban J connectivity index is -0.000000320. The number of alkyl halides is 1. The number of halogens is 1. The Bertz CT molecular complexity index is 126. The molecule has 0 radical (unpaired) electrons. The molecule has 0 amide bonds. The van der Waals surface area contributed by atoms with Gasteiger partial charge in [0, 0.05) is 0 Å². The summed E-state index contributed by atoms with van der Waals surface area (Å²) in [7, 11) is 0. The van der Waals surface area contributed by atoms with E-state index in [9.17, 15) is 24.2 Å². The number of carboxylic acids is 2. The van der Waals surface area contributed by atoms with E-state index in [4.69, 9.17) is 0 Å². The second-order valence-corrected chi connectivity index (χ2v) is 1.34. The average Bonchev–Trinajstić information content (AvgIpc) is 1.64. The molecule has 0 N–H and O–H groups in total. The maximum absolute atomic E-state index is 11.3. The van der Waals surface area contributed by atoms with Gasteiger partial charge in [-0.2, -0.15) is 0 Å². The van der Waals surface area contributed by atoms with Gasteiger partial charge in [-0.25, -0.2) is 4.39 Å². The molecule has 7 heteroatoms. The Morgan fingerprint density at radius 1 is 1.18 bits per heavy atom. The molecule has 0 aromatic rings. The first-order chi connectivity index (χ1) is 4.09. The Morgan fingerprint density at radius 3 is 1.45 bits per heavy atom. The van der Waals surface area contributed by atoms with Crippen molar-refractivity contribution in [1.82, 2.24) is 0 Å². The Hall–Kier alpha value is 0.870. The zero-order chi connectivity index (χ0) is 7.44. The van der Waals surface area contributed by atoms with Crippen LogP contribution in [0.2, 0.25) is 0 Å². The molecule has 0 aliphatic rings. The molecule has 0 spiro atoms. The summed E-state index contributed by atoms with van der Waals surface area (Å²) in [4.78, 5) is 19.2. The number of aliphatic carboxylic acids is 2. The van der Waals surface area contributed by atoms with E-state index in [0.717, 1.165) is 0 Å². The standard InChI is InChI=1S/C4H5FO4.2Na/c5-1-2(3(6)7)4(8)9;;/h2H,1H2,(H,6,7)(H,8,9);;/q;2*+1/p-2. The van der Waals surface area contributed by atoms with Gasteiger partial charge in [0.05, 0.1) is 17.9 Å². The molecule has 0 unspecified atom stereocenters. The van der Waals surface area contributed by atoms with Crippen LogP contribution in [0.3, 0.4) is 0 Å². The molecular weight excluding hydrogens is 177 g/mol. The summed E-state index contributed by atoms with van der Waals surface area (Å²) in [6, 6.07) is 0. The van der Waals surface area contributed by atoms with Gasteiger partial charge in [0.1, 0.15) is 6.67 Å². The van der Waals surface area contributed by atoms with Crippen LogP contribution in [0.4, 0.5) is 4.39 Å². The molecule has 0 saturated heterocycles. The average molecular weight is 180 g/mol. The second-order valence-electron chi connectivity index (χ2n) is 1.34. The van der Waals surface area contributed by atoms with Gasteiger partial charge >= 0.3 is 59.1 Å². The van der Waals surface area contributed by atoms with E-state index in [1.165, 1.54) is 0 Å². The van der Waals surface area contributed by atoms with Gasteiger partial charge in [-0.1, -0.05) is 0 Å². The zero-order valence-electron chi connectivity index (χ0n) is 6.30. The summed E-state index contributed by atoms with van der Waals surface area (Å²) in [5.41, 5.74) is 0. The Labute approximate surface area is 107 Å². The maximum atomic E-state index is 11.3. The minimum atomic E-state index is -2.13. The van der Waals surface area contributed by atoms with Crippen LogP contribution in [-0.4, -0.2) is 18.6 Å². The van der Waals surface area contributed by atoms with E-state index >= 15 is 0 Å². The third-order valence-corrected chi connectivity index (χ3v) is 0.723. The second kappa shape index (κ2) is 8.96. The van der Waals surface area contributed by atoms with Crippen LogP contribution < -0.4 is 69.3 Å². The van der Waals surface area contributed by atoms with E-state index in [2.05, 4.69) is 0 Å². The minimum Gasteiger partial charge on any atom is -0.549 e. The molecule has 0 saturated carbocycles. The monoisotopic (exact) mass is 180 g/mol. The first-order valence-electron chi connectivity index (χ1n) is 2.07. The topological polar surface area (TPSA) is 80.3 Å². The Kier molecular flexibility index (Phi) is 14.5. The maximum Gasteiger partial charge on any atom is 1.00 e. The van der Waals surface area contributed by atoms with Crippen molar-refractivity contribution in [3.8, 4) is 0 Å². The molecule has 0 aliphatic carbocycles. The summed E-state index contributed by atoms with van der Waals surface area (Å²) in [5, 5.41) is 19.2. The van der Waals surface area contributed by atoms with Crippen molar-refractivity contribution in [1.29, 1.82) is 0 Å². The summed E-state index contributed by atoms with van der Waals surface area (Å²) in [5.74, 6) is -6.06. The number of hydrogen-bond acceptors (Lipinski definition) is 4. The predicted molar refractivity (Wildman–Crippen MR) is 19.5 cm³/mol. The molecule has 0 atom stereocenters. The van der Waals surface area contributed by atoms with Crippen LogP contribution in [0.5, 0.6) is 0 Å². The molecule has 52 valence electrons. The van der Waals surface area contributed by atoms with E-state index in [-0.39, 0.29) is 59.1 Å². The molecule has 4 nitrogen and oxygen atoms in total. The molecule has 0 bridgehead atoms. The smallest absolute Gasteiger partial charge is 0.549 e. The molecule has 11 heavy (non-hydrogen) atoms. The fourth-order valence-electron chi connectivity index (χ4n) is 0.222. The van der Waals surface area contributed by atoms with Gasteiger partial charge in [0.25, 0.3) is 0 Å². The quantitative estimate of drug-likeness (QED) is 0.319. The van der Waals surface area contributed by atoms with Gasteiger partial charge in [-0.15, -0.1) is 0 Å². The van der Waals surface area contributed by atoms with E-state index in [0.29, 0.717) is 0 Å². The summed E-state index contributed by atoms with van der Waals surface area (Å²) >= 11 is 0. The van der Waals surface area contributed by atoms with Crippen LogP contribution in [-0.2, 0) is 9.59 Å². The first-order valence-corrected chi connectivity index (χ1v) is 2.07. The Morgan fingerprint density at radius 2 is 1.45 bits per heavy atom. The third kappa shape index (κ3) is 7.24. The summed E-state index contributed by atoms with van der Waals surface area (Å²) in [6.07, 6.45) is 0. The van der Waals surface area contributed by atoms with Crippen molar-refractivity contribution in [2.24, 2.45) is 5.92 Å². The number of carbonyl (C=O) groups is 2.